The molecule has 1 N–H and O–H groups in total. The minimum absolute atomic E-state index is 0.0279. The normalized spacial score (nSPS) is 14.1. The predicted molar refractivity (Wildman–Crippen MR) is 100 cm³/mol. The van der Waals surface area contributed by atoms with Crippen LogP contribution in [0, 0.1) is 0 Å². The molecule has 1 amide bonds. The topological polar surface area (TPSA) is 80.5 Å². The summed E-state index contributed by atoms with van der Waals surface area (Å²) in [6.07, 6.45) is 4.93. The zero-order valence-corrected chi connectivity index (χ0v) is 14.8. The number of rotatable bonds is 5. The lowest BCUT2D eigenvalue weighted by Gasteiger charge is -2.26. The molecule has 7 heteroatoms. The van der Waals surface area contributed by atoms with E-state index in [1.54, 1.807) is 18.7 Å². The quantitative estimate of drug-likeness (QED) is 0.750. The molecule has 0 spiro atoms. The Morgan fingerprint density at radius 3 is 2.59 bits per heavy atom. The standard InChI is InChI=1S/C20H20N4O3/c25-20(24-9-12-26-13-10-24)16-5-3-15(4-6-16)18-19(22-8-7-21-18)23-14-17-2-1-11-27-17/h1-8,11H,9-10,12-14H2,(H,22,23). The zero-order chi connectivity index (χ0) is 18.5. The van der Waals surface area contributed by atoms with Crippen LogP contribution in [-0.2, 0) is 11.3 Å². The number of carbonyl (C=O) groups is 1. The molecule has 1 aliphatic rings. The van der Waals surface area contributed by atoms with Gasteiger partial charge in [0.25, 0.3) is 5.91 Å². The molecule has 2 aromatic heterocycles. The monoisotopic (exact) mass is 364 g/mol. The molecule has 1 aliphatic heterocycles. The van der Waals surface area contributed by atoms with E-state index in [0.29, 0.717) is 44.2 Å². The summed E-state index contributed by atoms with van der Waals surface area (Å²) < 4.78 is 10.6. The van der Waals surface area contributed by atoms with Gasteiger partial charge in [-0.2, -0.15) is 0 Å². The van der Waals surface area contributed by atoms with E-state index in [4.69, 9.17) is 9.15 Å². The van der Waals surface area contributed by atoms with Crippen molar-refractivity contribution in [1.29, 1.82) is 0 Å². The lowest BCUT2D eigenvalue weighted by Crippen LogP contribution is -2.40. The number of carbonyl (C=O) groups excluding carboxylic acids is 1. The highest BCUT2D eigenvalue weighted by molar-refractivity contribution is 5.94. The highest BCUT2D eigenvalue weighted by Crippen LogP contribution is 2.24. The Bertz CT molecular complexity index is 888. The summed E-state index contributed by atoms with van der Waals surface area (Å²) in [6, 6.07) is 11.2. The minimum atomic E-state index is 0.0279. The first kappa shape index (κ1) is 17.2. The van der Waals surface area contributed by atoms with Gasteiger partial charge in [-0.05, 0) is 24.3 Å². The summed E-state index contributed by atoms with van der Waals surface area (Å²) in [5.74, 6) is 1.51. The summed E-state index contributed by atoms with van der Waals surface area (Å²) in [7, 11) is 0. The van der Waals surface area contributed by atoms with Gasteiger partial charge in [-0.25, -0.2) is 4.98 Å². The zero-order valence-electron chi connectivity index (χ0n) is 14.8. The average Bonchev–Trinajstić information content (AvgIpc) is 3.26. The second-order valence-corrected chi connectivity index (χ2v) is 6.17. The molecule has 0 saturated carbocycles. The van der Waals surface area contributed by atoms with Crippen molar-refractivity contribution >= 4 is 11.7 Å². The number of hydrogen-bond acceptors (Lipinski definition) is 6. The molecule has 0 atom stereocenters. The van der Waals surface area contributed by atoms with Crippen molar-refractivity contribution in [2.45, 2.75) is 6.54 Å². The van der Waals surface area contributed by atoms with Gasteiger partial charge in [-0.3, -0.25) is 9.78 Å². The van der Waals surface area contributed by atoms with Crippen molar-refractivity contribution in [2.24, 2.45) is 0 Å². The number of nitrogens with one attached hydrogen (secondary N) is 1. The third-order valence-corrected chi connectivity index (χ3v) is 4.41. The second-order valence-electron chi connectivity index (χ2n) is 6.17. The van der Waals surface area contributed by atoms with Gasteiger partial charge in [-0.1, -0.05) is 12.1 Å². The molecule has 0 radical (unpaired) electrons. The van der Waals surface area contributed by atoms with Crippen LogP contribution in [0.5, 0.6) is 0 Å². The maximum Gasteiger partial charge on any atom is 0.254 e. The van der Waals surface area contributed by atoms with Gasteiger partial charge in [0.1, 0.15) is 11.5 Å². The van der Waals surface area contributed by atoms with Crippen molar-refractivity contribution in [3.05, 3.63) is 66.4 Å². The number of nitrogens with zero attached hydrogens (tertiary/aromatic N) is 3. The Hall–Kier alpha value is -3.19. The van der Waals surface area contributed by atoms with Crippen LogP contribution in [0.25, 0.3) is 11.3 Å². The van der Waals surface area contributed by atoms with Crippen LogP contribution in [0.15, 0.2) is 59.5 Å². The third-order valence-electron chi connectivity index (χ3n) is 4.41. The largest absolute Gasteiger partial charge is 0.467 e. The van der Waals surface area contributed by atoms with Gasteiger partial charge in [0, 0.05) is 36.6 Å². The Balaban J connectivity index is 1.51. The molecule has 1 saturated heterocycles. The number of furan rings is 1. The van der Waals surface area contributed by atoms with E-state index < -0.39 is 0 Å². The SMILES string of the molecule is O=C(c1ccc(-c2nccnc2NCc2ccco2)cc1)N1CCOCC1. The molecule has 0 bridgehead atoms. The molecule has 1 fully saturated rings. The predicted octanol–water partition coefficient (Wildman–Crippen LogP) is 2.82. The average molecular weight is 364 g/mol. The lowest BCUT2D eigenvalue weighted by atomic mass is 10.1. The van der Waals surface area contributed by atoms with Crippen molar-refractivity contribution in [3.63, 3.8) is 0 Å². The molecule has 138 valence electrons. The van der Waals surface area contributed by atoms with E-state index in [1.807, 2.05) is 41.3 Å². The maximum absolute atomic E-state index is 12.6. The smallest absolute Gasteiger partial charge is 0.254 e. The van der Waals surface area contributed by atoms with Gasteiger partial charge >= 0.3 is 0 Å². The van der Waals surface area contributed by atoms with Gasteiger partial charge in [-0.15, -0.1) is 0 Å². The fourth-order valence-electron chi connectivity index (χ4n) is 2.98. The van der Waals surface area contributed by atoms with E-state index in [-0.39, 0.29) is 5.91 Å². The number of morpholine rings is 1. The van der Waals surface area contributed by atoms with Crippen molar-refractivity contribution < 1.29 is 13.9 Å². The van der Waals surface area contributed by atoms with Gasteiger partial charge in [0.15, 0.2) is 5.82 Å². The van der Waals surface area contributed by atoms with Crippen LogP contribution in [-0.4, -0.2) is 47.1 Å². The van der Waals surface area contributed by atoms with E-state index >= 15 is 0 Å². The van der Waals surface area contributed by atoms with Crippen LogP contribution in [0.1, 0.15) is 16.1 Å². The van der Waals surface area contributed by atoms with E-state index in [2.05, 4.69) is 15.3 Å². The third kappa shape index (κ3) is 3.98. The van der Waals surface area contributed by atoms with Gasteiger partial charge in [0.2, 0.25) is 0 Å². The first-order valence-electron chi connectivity index (χ1n) is 8.86. The Morgan fingerprint density at radius 1 is 1.07 bits per heavy atom. The number of benzene rings is 1. The van der Waals surface area contributed by atoms with Crippen LogP contribution < -0.4 is 5.32 Å². The molecule has 3 aromatic rings. The van der Waals surface area contributed by atoms with E-state index in [1.165, 1.54) is 0 Å². The Labute approximate surface area is 157 Å². The first-order valence-corrected chi connectivity index (χ1v) is 8.86. The summed E-state index contributed by atoms with van der Waals surface area (Å²) in [6.45, 7) is 2.96. The van der Waals surface area contributed by atoms with Crippen LogP contribution >= 0.6 is 0 Å². The molecular weight excluding hydrogens is 344 g/mol. The van der Waals surface area contributed by atoms with E-state index in [0.717, 1.165) is 17.0 Å². The highest BCUT2D eigenvalue weighted by Gasteiger charge is 2.18. The van der Waals surface area contributed by atoms with Gasteiger partial charge < -0.3 is 19.4 Å². The summed E-state index contributed by atoms with van der Waals surface area (Å²) >= 11 is 0. The lowest BCUT2D eigenvalue weighted by molar-refractivity contribution is 0.0303. The number of anilines is 1. The molecule has 1 aromatic carbocycles. The minimum Gasteiger partial charge on any atom is -0.467 e. The second kappa shape index (κ2) is 8.01. The van der Waals surface area contributed by atoms with Crippen molar-refractivity contribution in [3.8, 4) is 11.3 Å². The number of hydrogen-bond donors (Lipinski definition) is 1. The maximum atomic E-state index is 12.6. The molecule has 0 unspecified atom stereocenters. The first-order chi connectivity index (χ1) is 13.3. The summed E-state index contributed by atoms with van der Waals surface area (Å²) in [4.78, 5) is 23.2. The van der Waals surface area contributed by atoms with Crippen molar-refractivity contribution in [1.82, 2.24) is 14.9 Å². The Morgan fingerprint density at radius 2 is 1.85 bits per heavy atom. The fraction of sp³-hybridized carbons (Fsp3) is 0.250. The molecule has 0 aliphatic carbocycles. The van der Waals surface area contributed by atoms with Gasteiger partial charge in [0.05, 0.1) is 26.0 Å². The molecule has 7 nitrogen and oxygen atoms in total. The van der Waals surface area contributed by atoms with E-state index in [9.17, 15) is 4.79 Å². The highest BCUT2D eigenvalue weighted by atomic mass is 16.5. The summed E-state index contributed by atoms with van der Waals surface area (Å²) in [5, 5.41) is 3.25. The number of aromatic nitrogens is 2. The Kier molecular flexibility index (Phi) is 5.11. The van der Waals surface area contributed by atoms with Crippen molar-refractivity contribution in [2.75, 3.05) is 31.6 Å². The molecular formula is C20H20N4O3. The van der Waals surface area contributed by atoms with Crippen LogP contribution in [0.4, 0.5) is 5.82 Å². The number of amides is 1. The molecule has 3 heterocycles. The summed E-state index contributed by atoms with van der Waals surface area (Å²) in [5.41, 5.74) is 2.28. The molecule has 27 heavy (non-hydrogen) atoms. The number of ether oxygens (including phenoxy) is 1. The van der Waals surface area contributed by atoms with Crippen LogP contribution in [0.3, 0.4) is 0 Å². The van der Waals surface area contributed by atoms with Crippen LogP contribution in [0.2, 0.25) is 0 Å². The fourth-order valence-corrected chi connectivity index (χ4v) is 2.98. The molecule has 4 rings (SSSR count).